The van der Waals surface area contributed by atoms with Crippen LogP contribution in [0.3, 0.4) is 0 Å². The normalized spacial score (nSPS) is 12.0. The summed E-state index contributed by atoms with van der Waals surface area (Å²) in [4.78, 5) is 3.36. The molecule has 0 unspecified atom stereocenters. The van der Waals surface area contributed by atoms with Gasteiger partial charge in [0, 0.05) is 11.6 Å². The second-order valence-electron chi connectivity index (χ2n) is 2.27. The Labute approximate surface area is 92.0 Å². The van der Waals surface area contributed by atoms with Crippen molar-refractivity contribution in [2.75, 3.05) is 11.6 Å². The van der Waals surface area contributed by atoms with Crippen molar-refractivity contribution in [1.82, 2.24) is 9.36 Å². The zero-order chi connectivity index (χ0) is 10.6. The van der Waals surface area contributed by atoms with Crippen molar-refractivity contribution in [3.8, 4) is 0 Å². The second-order valence-corrected chi connectivity index (χ2v) is 4.74. The van der Waals surface area contributed by atoms with Gasteiger partial charge in [-0.3, -0.25) is 0 Å². The lowest BCUT2D eigenvalue weighted by Crippen LogP contribution is -2.06. The summed E-state index contributed by atoms with van der Waals surface area (Å²) in [5.41, 5.74) is 0. The zero-order valence-electron chi connectivity index (χ0n) is 6.84. The molecule has 0 aliphatic rings. The lowest BCUT2D eigenvalue weighted by atomic mass is 10.6. The van der Waals surface area contributed by atoms with Crippen LogP contribution in [0.15, 0.2) is 4.34 Å². The summed E-state index contributed by atoms with van der Waals surface area (Å²) in [6, 6.07) is 0. The number of halogens is 4. The molecule has 0 bridgehead atoms. The largest absolute Gasteiger partial charge is 0.452 e. The molecule has 1 aromatic rings. The molecule has 0 N–H and O–H groups in total. The molecule has 0 aliphatic heterocycles. The fraction of sp³-hybridized carbons (Fsp3) is 0.667. The SMILES string of the molecule is FC(F)(F)c1nsc(SCCCCl)n1. The van der Waals surface area contributed by atoms with E-state index in [1.165, 1.54) is 11.8 Å². The maximum absolute atomic E-state index is 12.0. The highest BCUT2D eigenvalue weighted by molar-refractivity contribution is 8.00. The maximum Gasteiger partial charge on any atom is 0.452 e. The van der Waals surface area contributed by atoms with Gasteiger partial charge >= 0.3 is 6.18 Å². The number of thioether (sulfide) groups is 1. The fourth-order valence-corrected chi connectivity index (χ4v) is 2.51. The summed E-state index contributed by atoms with van der Waals surface area (Å²) < 4.78 is 39.7. The van der Waals surface area contributed by atoms with Gasteiger partial charge in [0.25, 0.3) is 0 Å². The van der Waals surface area contributed by atoms with Crippen LogP contribution >= 0.6 is 34.9 Å². The molecule has 0 radical (unpaired) electrons. The van der Waals surface area contributed by atoms with Crippen LogP contribution in [0.5, 0.6) is 0 Å². The van der Waals surface area contributed by atoms with Crippen molar-refractivity contribution in [3.05, 3.63) is 5.82 Å². The fourth-order valence-electron chi connectivity index (χ4n) is 0.597. The average Bonchev–Trinajstić information content (AvgIpc) is 2.52. The van der Waals surface area contributed by atoms with Gasteiger partial charge in [0.1, 0.15) is 0 Å². The van der Waals surface area contributed by atoms with Crippen LogP contribution in [0.1, 0.15) is 12.2 Å². The van der Waals surface area contributed by atoms with Crippen LogP contribution in [0.25, 0.3) is 0 Å². The Morgan fingerprint density at radius 2 is 2.14 bits per heavy atom. The highest BCUT2D eigenvalue weighted by Gasteiger charge is 2.35. The highest BCUT2D eigenvalue weighted by atomic mass is 35.5. The molecular weight excluding hydrogens is 257 g/mol. The molecule has 0 fully saturated rings. The summed E-state index contributed by atoms with van der Waals surface area (Å²) in [5, 5.41) is 0. The van der Waals surface area contributed by atoms with Gasteiger partial charge in [-0.25, -0.2) is 4.98 Å². The maximum atomic E-state index is 12.0. The number of nitrogens with zero attached hydrogens (tertiary/aromatic N) is 2. The summed E-state index contributed by atoms with van der Waals surface area (Å²) >= 11 is 7.43. The Morgan fingerprint density at radius 3 is 2.64 bits per heavy atom. The van der Waals surface area contributed by atoms with Crippen LogP contribution in [-0.2, 0) is 6.18 Å². The third-order valence-electron chi connectivity index (χ3n) is 1.16. The van der Waals surface area contributed by atoms with Crippen LogP contribution in [-0.4, -0.2) is 21.0 Å². The number of rotatable bonds is 4. The molecule has 0 amide bonds. The van der Waals surface area contributed by atoms with E-state index in [2.05, 4.69) is 9.36 Å². The second kappa shape index (κ2) is 5.18. The van der Waals surface area contributed by atoms with E-state index in [1.807, 2.05) is 0 Å². The molecule has 1 heterocycles. The molecule has 0 saturated heterocycles. The van der Waals surface area contributed by atoms with Crippen LogP contribution < -0.4 is 0 Å². The van der Waals surface area contributed by atoms with Gasteiger partial charge in [-0.05, 0) is 18.0 Å². The van der Waals surface area contributed by atoms with Crippen molar-refractivity contribution >= 4 is 34.9 Å². The van der Waals surface area contributed by atoms with Crippen molar-refractivity contribution < 1.29 is 13.2 Å². The van der Waals surface area contributed by atoms with Crippen LogP contribution in [0.2, 0.25) is 0 Å². The molecule has 80 valence electrons. The Bertz CT molecular complexity index is 289. The highest BCUT2D eigenvalue weighted by Crippen LogP contribution is 2.30. The Hall–Kier alpha value is -0.0100. The number of hydrogen-bond donors (Lipinski definition) is 0. The van der Waals surface area contributed by atoms with E-state index in [0.717, 1.165) is 18.0 Å². The summed E-state index contributed by atoms with van der Waals surface area (Å²) in [6.07, 6.45) is -3.70. The number of hydrogen-bond acceptors (Lipinski definition) is 4. The lowest BCUT2D eigenvalue weighted by Gasteiger charge is -1.97. The van der Waals surface area contributed by atoms with Gasteiger partial charge < -0.3 is 0 Å². The third-order valence-corrected chi connectivity index (χ3v) is 3.35. The van der Waals surface area contributed by atoms with Crippen molar-refractivity contribution in [2.24, 2.45) is 0 Å². The van der Waals surface area contributed by atoms with Gasteiger partial charge in [0.05, 0.1) is 0 Å². The lowest BCUT2D eigenvalue weighted by molar-refractivity contribution is -0.144. The van der Waals surface area contributed by atoms with E-state index in [0.29, 0.717) is 16.0 Å². The van der Waals surface area contributed by atoms with Crippen LogP contribution in [0, 0.1) is 0 Å². The first-order chi connectivity index (χ1) is 6.54. The minimum atomic E-state index is -4.44. The average molecular weight is 263 g/mol. The Balaban J connectivity index is 2.51. The Kier molecular flexibility index (Phi) is 4.46. The summed E-state index contributed by atoms with van der Waals surface area (Å²) in [7, 11) is 0. The van der Waals surface area contributed by atoms with Crippen molar-refractivity contribution in [1.29, 1.82) is 0 Å². The molecule has 0 atom stereocenters. The summed E-state index contributed by atoms with van der Waals surface area (Å²) in [6.45, 7) is 0. The third kappa shape index (κ3) is 3.62. The van der Waals surface area contributed by atoms with Crippen molar-refractivity contribution in [3.63, 3.8) is 0 Å². The minimum Gasteiger partial charge on any atom is -0.204 e. The molecule has 0 aromatic carbocycles. The van der Waals surface area contributed by atoms with E-state index in [4.69, 9.17) is 11.6 Å². The molecule has 2 nitrogen and oxygen atoms in total. The first-order valence-electron chi connectivity index (χ1n) is 3.63. The molecule has 8 heteroatoms. The summed E-state index contributed by atoms with van der Waals surface area (Å²) in [5.74, 6) is 0.101. The molecule has 0 aliphatic carbocycles. The minimum absolute atomic E-state index is 0.336. The Morgan fingerprint density at radius 1 is 1.43 bits per heavy atom. The zero-order valence-corrected chi connectivity index (χ0v) is 9.23. The van der Waals surface area contributed by atoms with Crippen molar-refractivity contribution in [2.45, 2.75) is 16.9 Å². The smallest absolute Gasteiger partial charge is 0.204 e. The van der Waals surface area contributed by atoms with E-state index < -0.39 is 12.0 Å². The molecule has 1 rings (SSSR count). The molecular formula is C6H6ClF3N2S2. The van der Waals surface area contributed by atoms with E-state index in [9.17, 15) is 13.2 Å². The monoisotopic (exact) mass is 262 g/mol. The standard InChI is InChI=1S/C6H6ClF3N2S2/c7-2-1-3-13-5-11-4(12-14-5)6(8,9)10/h1-3H2. The number of alkyl halides is 4. The van der Waals surface area contributed by atoms with E-state index in [-0.39, 0.29) is 0 Å². The van der Waals surface area contributed by atoms with Gasteiger partial charge in [0.2, 0.25) is 5.82 Å². The predicted octanol–water partition coefficient (Wildman–Crippen LogP) is 3.28. The first-order valence-corrected chi connectivity index (χ1v) is 5.93. The van der Waals surface area contributed by atoms with Gasteiger partial charge in [-0.15, -0.1) is 11.6 Å². The molecule has 0 spiro atoms. The first kappa shape index (κ1) is 12.1. The van der Waals surface area contributed by atoms with Crippen LogP contribution in [0.4, 0.5) is 13.2 Å². The predicted molar refractivity (Wildman–Crippen MR) is 51.0 cm³/mol. The van der Waals surface area contributed by atoms with E-state index >= 15 is 0 Å². The number of aromatic nitrogens is 2. The molecule has 1 aromatic heterocycles. The molecule has 14 heavy (non-hydrogen) atoms. The molecule has 0 saturated carbocycles. The van der Waals surface area contributed by atoms with Gasteiger partial charge in [0.15, 0.2) is 4.34 Å². The van der Waals surface area contributed by atoms with E-state index in [1.54, 1.807) is 0 Å². The quantitative estimate of drug-likeness (QED) is 0.473. The van der Waals surface area contributed by atoms with Gasteiger partial charge in [-0.1, -0.05) is 11.8 Å². The topological polar surface area (TPSA) is 25.8 Å². The van der Waals surface area contributed by atoms with Gasteiger partial charge in [-0.2, -0.15) is 17.5 Å².